The zero-order valence-corrected chi connectivity index (χ0v) is 10.9. The van der Waals surface area contributed by atoms with Crippen molar-refractivity contribution < 1.29 is 0 Å². The van der Waals surface area contributed by atoms with Crippen molar-refractivity contribution in [1.82, 2.24) is 9.97 Å². The number of imidazole rings is 1. The highest BCUT2D eigenvalue weighted by molar-refractivity contribution is 5.69. The van der Waals surface area contributed by atoms with Crippen LogP contribution in [-0.2, 0) is 6.42 Å². The Labute approximate surface area is 113 Å². The summed E-state index contributed by atoms with van der Waals surface area (Å²) in [6.07, 6.45) is 4.51. The van der Waals surface area contributed by atoms with Gasteiger partial charge in [-0.15, -0.1) is 0 Å². The van der Waals surface area contributed by atoms with Crippen molar-refractivity contribution in [3.05, 3.63) is 77.9 Å². The molecule has 0 bridgehead atoms. The van der Waals surface area contributed by atoms with Crippen molar-refractivity contribution in [2.75, 3.05) is 0 Å². The van der Waals surface area contributed by atoms with Crippen LogP contribution in [0.2, 0.25) is 0 Å². The number of aromatic nitrogens is 2. The molecule has 2 aromatic carbocycles. The van der Waals surface area contributed by atoms with Gasteiger partial charge in [-0.05, 0) is 29.2 Å². The summed E-state index contributed by atoms with van der Waals surface area (Å²) in [5.74, 6) is 0. The van der Waals surface area contributed by atoms with Crippen molar-refractivity contribution in [3.8, 4) is 11.1 Å². The van der Waals surface area contributed by atoms with Crippen LogP contribution >= 0.6 is 0 Å². The molecule has 0 fully saturated rings. The number of hydrogen-bond acceptors (Lipinski definition) is 1. The maximum atomic E-state index is 4.09. The lowest BCUT2D eigenvalue weighted by atomic mass is 9.93. The van der Waals surface area contributed by atoms with E-state index in [1.165, 1.54) is 22.3 Å². The average molecular weight is 248 g/mol. The molecule has 0 saturated heterocycles. The van der Waals surface area contributed by atoms with E-state index >= 15 is 0 Å². The molecule has 94 valence electrons. The Morgan fingerprint density at radius 2 is 1.84 bits per heavy atom. The Bertz CT molecular complexity index is 655. The van der Waals surface area contributed by atoms with Gasteiger partial charge in [0.25, 0.3) is 0 Å². The molecule has 3 rings (SSSR count). The molecule has 19 heavy (non-hydrogen) atoms. The molecule has 1 aromatic heterocycles. The first-order chi connectivity index (χ1) is 9.34. The van der Waals surface area contributed by atoms with Crippen LogP contribution in [-0.4, -0.2) is 9.97 Å². The molecule has 1 N–H and O–H groups in total. The number of hydrogen-bond donors (Lipinski definition) is 1. The highest BCUT2D eigenvalue weighted by atomic mass is 14.9. The monoisotopic (exact) mass is 248 g/mol. The molecule has 0 radical (unpaired) electrons. The SMILES string of the molecule is Cc1cccc(-c2ccccc2)c1Cc1cnc[nH]1. The van der Waals surface area contributed by atoms with E-state index in [0.29, 0.717) is 0 Å². The van der Waals surface area contributed by atoms with Crippen LogP contribution in [0.15, 0.2) is 61.1 Å². The van der Waals surface area contributed by atoms with E-state index in [2.05, 4.69) is 59.4 Å². The summed E-state index contributed by atoms with van der Waals surface area (Å²) in [5.41, 5.74) is 6.39. The number of nitrogens with one attached hydrogen (secondary N) is 1. The van der Waals surface area contributed by atoms with Crippen LogP contribution in [0.4, 0.5) is 0 Å². The van der Waals surface area contributed by atoms with Gasteiger partial charge in [0.1, 0.15) is 0 Å². The molecule has 0 aliphatic carbocycles. The first-order valence-electron chi connectivity index (χ1n) is 6.46. The van der Waals surface area contributed by atoms with Crippen LogP contribution < -0.4 is 0 Å². The largest absolute Gasteiger partial charge is 0.348 e. The third-order valence-corrected chi connectivity index (χ3v) is 3.42. The molecule has 0 aliphatic rings. The molecule has 0 spiro atoms. The van der Waals surface area contributed by atoms with E-state index < -0.39 is 0 Å². The van der Waals surface area contributed by atoms with Gasteiger partial charge in [-0.1, -0.05) is 48.5 Å². The third kappa shape index (κ3) is 2.43. The van der Waals surface area contributed by atoms with Crippen LogP contribution in [0, 0.1) is 6.92 Å². The van der Waals surface area contributed by atoms with E-state index in [1.54, 1.807) is 6.33 Å². The van der Waals surface area contributed by atoms with Gasteiger partial charge < -0.3 is 4.98 Å². The lowest BCUT2D eigenvalue weighted by Crippen LogP contribution is -1.96. The number of rotatable bonds is 3. The maximum Gasteiger partial charge on any atom is 0.0921 e. The zero-order chi connectivity index (χ0) is 13.1. The highest BCUT2D eigenvalue weighted by Crippen LogP contribution is 2.27. The summed E-state index contributed by atoms with van der Waals surface area (Å²) < 4.78 is 0. The number of aryl methyl sites for hydroxylation is 1. The molecule has 1 heterocycles. The van der Waals surface area contributed by atoms with E-state index in [4.69, 9.17) is 0 Å². The molecule has 2 heteroatoms. The fourth-order valence-electron chi connectivity index (χ4n) is 2.40. The Hall–Kier alpha value is -2.35. The lowest BCUT2D eigenvalue weighted by Gasteiger charge is -2.12. The minimum atomic E-state index is 0.886. The third-order valence-electron chi connectivity index (χ3n) is 3.42. The fourth-order valence-corrected chi connectivity index (χ4v) is 2.40. The van der Waals surface area contributed by atoms with Gasteiger partial charge in [-0.3, -0.25) is 0 Å². The van der Waals surface area contributed by atoms with Crippen LogP contribution in [0.3, 0.4) is 0 Å². The first kappa shape index (κ1) is 11.7. The summed E-state index contributed by atoms with van der Waals surface area (Å²) in [5, 5.41) is 0. The van der Waals surface area contributed by atoms with Crippen molar-refractivity contribution in [3.63, 3.8) is 0 Å². The summed E-state index contributed by atoms with van der Waals surface area (Å²) in [7, 11) is 0. The molecule has 0 unspecified atom stereocenters. The number of benzene rings is 2. The van der Waals surface area contributed by atoms with Crippen molar-refractivity contribution in [1.29, 1.82) is 0 Å². The number of H-pyrrole nitrogens is 1. The Morgan fingerprint density at radius 3 is 2.58 bits per heavy atom. The fraction of sp³-hybridized carbons (Fsp3) is 0.118. The minimum Gasteiger partial charge on any atom is -0.348 e. The topological polar surface area (TPSA) is 28.7 Å². The molecule has 0 amide bonds. The Kier molecular flexibility index (Phi) is 3.15. The predicted molar refractivity (Wildman–Crippen MR) is 78.0 cm³/mol. The molecule has 0 saturated carbocycles. The molecular formula is C17H16N2. The minimum absolute atomic E-state index is 0.886. The Balaban J connectivity index is 2.08. The second-order valence-corrected chi connectivity index (χ2v) is 4.72. The van der Waals surface area contributed by atoms with Crippen molar-refractivity contribution >= 4 is 0 Å². The predicted octanol–water partition coefficient (Wildman–Crippen LogP) is 3.98. The van der Waals surface area contributed by atoms with Gasteiger partial charge in [-0.25, -0.2) is 4.98 Å². The molecule has 3 aromatic rings. The molecular weight excluding hydrogens is 232 g/mol. The second kappa shape index (κ2) is 5.11. The lowest BCUT2D eigenvalue weighted by molar-refractivity contribution is 1.09. The molecule has 0 atom stereocenters. The average Bonchev–Trinajstić information content (AvgIpc) is 2.95. The van der Waals surface area contributed by atoms with Gasteiger partial charge in [-0.2, -0.15) is 0 Å². The molecule has 0 aliphatic heterocycles. The van der Waals surface area contributed by atoms with Gasteiger partial charge in [0, 0.05) is 18.3 Å². The van der Waals surface area contributed by atoms with Gasteiger partial charge >= 0.3 is 0 Å². The standard InChI is InChI=1S/C17H16N2/c1-13-6-5-9-16(14-7-3-2-4-8-14)17(13)10-15-11-18-12-19-15/h2-9,11-12H,10H2,1H3,(H,18,19). The molecule has 2 nitrogen and oxygen atoms in total. The Morgan fingerprint density at radius 1 is 1.00 bits per heavy atom. The van der Waals surface area contributed by atoms with Crippen molar-refractivity contribution in [2.24, 2.45) is 0 Å². The summed E-state index contributed by atoms with van der Waals surface area (Å²) in [6.45, 7) is 2.16. The smallest absolute Gasteiger partial charge is 0.0921 e. The number of aromatic amines is 1. The van der Waals surface area contributed by atoms with E-state index in [1.807, 2.05) is 12.3 Å². The van der Waals surface area contributed by atoms with E-state index in [-0.39, 0.29) is 0 Å². The summed E-state index contributed by atoms with van der Waals surface area (Å²) >= 11 is 0. The second-order valence-electron chi connectivity index (χ2n) is 4.72. The van der Waals surface area contributed by atoms with Crippen LogP contribution in [0.1, 0.15) is 16.8 Å². The zero-order valence-electron chi connectivity index (χ0n) is 10.9. The first-order valence-corrected chi connectivity index (χ1v) is 6.46. The van der Waals surface area contributed by atoms with Gasteiger partial charge in [0.15, 0.2) is 0 Å². The van der Waals surface area contributed by atoms with Crippen LogP contribution in [0.25, 0.3) is 11.1 Å². The quantitative estimate of drug-likeness (QED) is 0.746. The van der Waals surface area contributed by atoms with Crippen molar-refractivity contribution in [2.45, 2.75) is 13.3 Å². The van der Waals surface area contributed by atoms with Crippen LogP contribution in [0.5, 0.6) is 0 Å². The maximum absolute atomic E-state index is 4.09. The summed E-state index contributed by atoms with van der Waals surface area (Å²) in [4.78, 5) is 7.28. The van der Waals surface area contributed by atoms with Gasteiger partial charge in [0.05, 0.1) is 6.33 Å². The normalized spacial score (nSPS) is 10.6. The van der Waals surface area contributed by atoms with E-state index in [9.17, 15) is 0 Å². The van der Waals surface area contributed by atoms with Gasteiger partial charge in [0.2, 0.25) is 0 Å². The van der Waals surface area contributed by atoms with E-state index in [0.717, 1.165) is 12.1 Å². The highest BCUT2D eigenvalue weighted by Gasteiger charge is 2.08. The number of nitrogens with zero attached hydrogens (tertiary/aromatic N) is 1. The summed E-state index contributed by atoms with van der Waals surface area (Å²) in [6, 6.07) is 17.0.